The van der Waals surface area contributed by atoms with E-state index in [1.807, 2.05) is 0 Å². The van der Waals surface area contributed by atoms with Crippen LogP contribution in [0.5, 0.6) is 0 Å². The Morgan fingerprint density at radius 1 is 0.917 bits per heavy atom. The predicted octanol–water partition coefficient (Wildman–Crippen LogP) is 3.33. The number of halogens is 8. The van der Waals surface area contributed by atoms with Gasteiger partial charge in [0.25, 0.3) is 0 Å². The van der Waals surface area contributed by atoms with Gasteiger partial charge in [-0.3, -0.25) is 0 Å². The molecule has 0 radical (unpaired) electrons. The fraction of sp³-hybridized carbons (Fsp3) is 1.00. The minimum atomic E-state index is -5.65. The molecule has 0 aliphatic carbocycles. The van der Waals surface area contributed by atoms with E-state index in [1.54, 1.807) is 0 Å². The lowest BCUT2D eigenvalue weighted by molar-refractivity contribution is -0.270. The fourth-order valence-corrected chi connectivity index (χ4v) is 0.597. The first kappa shape index (κ1) is 12.2. The molecule has 0 bridgehead atoms. The van der Waals surface area contributed by atoms with E-state index in [4.69, 9.17) is 0 Å². The normalized spacial score (nSPS) is 15.0. The molecule has 0 spiro atoms. The summed E-state index contributed by atoms with van der Waals surface area (Å²) in [6.07, 6.45) is 0. The summed E-state index contributed by atoms with van der Waals surface area (Å²) >= 11 is 8.13. The maximum atomic E-state index is 12.0. The molecule has 0 aliphatic rings. The summed E-state index contributed by atoms with van der Waals surface area (Å²) in [7, 11) is 0. The number of alkyl halides is 8. The predicted molar refractivity (Wildman–Crippen MR) is 31.4 cm³/mol. The van der Waals surface area contributed by atoms with E-state index in [2.05, 4.69) is 23.2 Å². The van der Waals surface area contributed by atoms with Crippen LogP contribution >= 0.6 is 23.2 Å². The minimum absolute atomic E-state index is 1.93. The molecule has 0 unspecified atom stereocenters. The van der Waals surface area contributed by atoms with Gasteiger partial charge in [-0.25, -0.2) is 0 Å². The van der Waals surface area contributed by atoms with Crippen molar-refractivity contribution in [2.24, 2.45) is 0 Å². The Balaban J connectivity index is 4.85. The molecular formula is C4H2Cl2F6. The molecule has 0 aromatic heterocycles. The van der Waals surface area contributed by atoms with Gasteiger partial charge in [0.15, 0.2) is 0 Å². The molecular weight excluding hydrogens is 233 g/mol. The van der Waals surface area contributed by atoms with Crippen LogP contribution in [0.25, 0.3) is 0 Å². The van der Waals surface area contributed by atoms with Crippen molar-refractivity contribution in [3.05, 3.63) is 0 Å². The third kappa shape index (κ3) is 1.90. The lowest BCUT2D eigenvalue weighted by atomic mass is 10.2. The second-order valence-corrected chi connectivity index (χ2v) is 2.65. The number of hydrogen-bond donors (Lipinski definition) is 0. The summed E-state index contributed by atoms with van der Waals surface area (Å²) in [5, 5.41) is -5.31. The Labute approximate surface area is 73.4 Å². The summed E-state index contributed by atoms with van der Waals surface area (Å²) in [5.41, 5.74) is 0. The lowest BCUT2D eigenvalue weighted by Gasteiger charge is -2.27. The molecule has 0 aromatic carbocycles. The van der Waals surface area contributed by atoms with E-state index in [1.165, 1.54) is 0 Å². The molecule has 0 rings (SSSR count). The van der Waals surface area contributed by atoms with E-state index < -0.39 is 23.1 Å². The van der Waals surface area contributed by atoms with Gasteiger partial charge in [-0.15, -0.1) is 11.6 Å². The van der Waals surface area contributed by atoms with Gasteiger partial charge in [0.2, 0.25) is 0 Å². The van der Waals surface area contributed by atoms with Crippen LogP contribution in [0.4, 0.5) is 26.3 Å². The van der Waals surface area contributed by atoms with Gasteiger partial charge in [-0.1, -0.05) is 0 Å². The van der Waals surface area contributed by atoms with Crippen LogP contribution in [0.15, 0.2) is 0 Å². The molecule has 0 heterocycles. The zero-order valence-corrected chi connectivity index (χ0v) is 6.74. The molecule has 8 heteroatoms. The minimum Gasteiger partial charge on any atom is -0.198 e. The Morgan fingerprint density at radius 3 is 1.33 bits per heavy atom. The van der Waals surface area contributed by atoms with Gasteiger partial charge in [0.1, 0.15) is 0 Å². The molecule has 0 aliphatic heterocycles. The summed E-state index contributed by atoms with van der Waals surface area (Å²) in [5.74, 6) is -12.6. The van der Waals surface area contributed by atoms with E-state index in [0.717, 1.165) is 0 Å². The van der Waals surface area contributed by atoms with E-state index in [-0.39, 0.29) is 0 Å². The summed E-state index contributed by atoms with van der Waals surface area (Å²) in [4.78, 5) is 0. The molecule has 0 amide bonds. The molecule has 0 saturated carbocycles. The largest absolute Gasteiger partial charge is 0.390 e. The van der Waals surface area contributed by atoms with Crippen molar-refractivity contribution < 1.29 is 26.3 Å². The lowest BCUT2D eigenvalue weighted by Crippen LogP contribution is -2.52. The zero-order chi connectivity index (χ0) is 10.2. The van der Waals surface area contributed by atoms with Crippen LogP contribution in [-0.2, 0) is 0 Å². The van der Waals surface area contributed by atoms with Crippen molar-refractivity contribution in [2.45, 2.75) is 17.2 Å². The maximum absolute atomic E-state index is 12.0. The van der Waals surface area contributed by atoms with Crippen molar-refractivity contribution in [3.8, 4) is 0 Å². The van der Waals surface area contributed by atoms with Crippen LogP contribution in [0, 0.1) is 0 Å². The molecule has 0 atom stereocenters. The highest BCUT2D eigenvalue weighted by atomic mass is 35.5. The second-order valence-electron chi connectivity index (χ2n) is 1.91. The van der Waals surface area contributed by atoms with Crippen molar-refractivity contribution in [1.82, 2.24) is 0 Å². The third-order valence-corrected chi connectivity index (χ3v) is 1.56. The monoisotopic (exact) mass is 234 g/mol. The van der Waals surface area contributed by atoms with Crippen molar-refractivity contribution in [3.63, 3.8) is 0 Å². The average Bonchev–Trinajstić information content (AvgIpc) is 1.85. The summed E-state index contributed by atoms with van der Waals surface area (Å²) < 4.78 is 71.3. The molecule has 0 saturated heterocycles. The molecule has 0 fully saturated rings. The molecule has 0 N–H and O–H groups in total. The van der Waals surface area contributed by atoms with Crippen LogP contribution < -0.4 is 0 Å². The zero-order valence-electron chi connectivity index (χ0n) is 5.23. The Bertz CT molecular complexity index is 161. The Morgan fingerprint density at radius 2 is 1.25 bits per heavy atom. The first-order valence-corrected chi connectivity index (χ1v) is 3.36. The van der Waals surface area contributed by atoms with Crippen molar-refractivity contribution in [2.75, 3.05) is 5.88 Å². The average molecular weight is 235 g/mol. The van der Waals surface area contributed by atoms with Gasteiger partial charge < -0.3 is 0 Å². The highest BCUT2D eigenvalue weighted by Crippen LogP contribution is 2.48. The van der Waals surface area contributed by atoms with E-state index in [0.29, 0.717) is 0 Å². The standard InChI is InChI=1S/C4H2Cl2F6/c5-1-2(7,8)3(9,10)4(6,11)12/h1H2. The topological polar surface area (TPSA) is 0 Å². The van der Waals surface area contributed by atoms with Gasteiger partial charge >= 0.3 is 17.2 Å². The summed E-state index contributed by atoms with van der Waals surface area (Å²) in [6, 6.07) is 0. The van der Waals surface area contributed by atoms with Gasteiger partial charge in [0.05, 0.1) is 5.88 Å². The van der Waals surface area contributed by atoms with Gasteiger partial charge in [-0.05, 0) is 11.6 Å². The maximum Gasteiger partial charge on any atom is 0.390 e. The molecule has 74 valence electrons. The van der Waals surface area contributed by atoms with Crippen molar-refractivity contribution in [1.29, 1.82) is 0 Å². The smallest absolute Gasteiger partial charge is 0.198 e. The van der Waals surface area contributed by atoms with Crippen LogP contribution in [-0.4, -0.2) is 23.1 Å². The first-order valence-electron chi connectivity index (χ1n) is 2.44. The fourth-order valence-electron chi connectivity index (χ4n) is 0.291. The number of hydrogen-bond acceptors (Lipinski definition) is 0. The van der Waals surface area contributed by atoms with Gasteiger partial charge in [-0.2, -0.15) is 26.3 Å². The SMILES string of the molecule is FC(F)(Cl)C(F)(F)C(F)(F)CCl. The van der Waals surface area contributed by atoms with Crippen LogP contribution in [0.1, 0.15) is 0 Å². The van der Waals surface area contributed by atoms with Crippen LogP contribution in [0.3, 0.4) is 0 Å². The highest BCUT2D eigenvalue weighted by molar-refractivity contribution is 6.22. The Kier molecular flexibility index (Phi) is 3.18. The van der Waals surface area contributed by atoms with Gasteiger partial charge in [0, 0.05) is 0 Å². The second kappa shape index (κ2) is 3.14. The Hall–Kier alpha value is 0.160. The first-order chi connectivity index (χ1) is 5.06. The molecule has 0 nitrogen and oxygen atoms in total. The quantitative estimate of drug-likeness (QED) is 0.519. The third-order valence-electron chi connectivity index (χ3n) is 0.983. The highest BCUT2D eigenvalue weighted by Gasteiger charge is 2.70. The molecule has 0 aromatic rings. The van der Waals surface area contributed by atoms with E-state index in [9.17, 15) is 26.3 Å². The van der Waals surface area contributed by atoms with Crippen molar-refractivity contribution >= 4 is 23.2 Å². The van der Waals surface area contributed by atoms with E-state index >= 15 is 0 Å². The molecule has 12 heavy (non-hydrogen) atoms. The summed E-state index contributed by atoms with van der Waals surface area (Å²) in [6.45, 7) is 0. The van der Waals surface area contributed by atoms with Crippen LogP contribution in [0.2, 0.25) is 0 Å². The number of rotatable bonds is 3.